The molecule has 108 valence electrons. The van der Waals surface area contributed by atoms with E-state index in [0.717, 1.165) is 17.3 Å². The van der Waals surface area contributed by atoms with Crippen LogP contribution in [0.5, 0.6) is 0 Å². The summed E-state index contributed by atoms with van der Waals surface area (Å²) in [6, 6.07) is 11.2. The molecule has 1 aliphatic heterocycles. The minimum absolute atomic E-state index is 0.188. The number of amides is 1. The lowest BCUT2D eigenvalue weighted by Gasteiger charge is -2.30. The summed E-state index contributed by atoms with van der Waals surface area (Å²) in [6.45, 7) is 0.861. The van der Waals surface area contributed by atoms with Gasteiger partial charge in [-0.1, -0.05) is 24.3 Å². The molecular weight excluding hydrogens is 268 g/mol. The van der Waals surface area contributed by atoms with Gasteiger partial charge in [-0.25, -0.2) is 4.98 Å². The van der Waals surface area contributed by atoms with E-state index in [4.69, 9.17) is 5.11 Å². The molecule has 1 N–H and O–H groups in total. The van der Waals surface area contributed by atoms with Crippen LogP contribution in [-0.4, -0.2) is 40.0 Å². The highest BCUT2D eigenvalue weighted by Gasteiger charge is 2.29. The predicted molar refractivity (Wildman–Crippen MR) is 78.0 cm³/mol. The van der Waals surface area contributed by atoms with Crippen molar-refractivity contribution in [3.05, 3.63) is 42.1 Å². The van der Waals surface area contributed by atoms with Crippen molar-refractivity contribution in [2.45, 2.75) is 12.8 Å². The minimum atomic E-state index is -0.834. The van der Waals surface area contributed by atoms with Gasteiger partial charge in [0.05, 0.1) is 11.4 Å². The van der Waals surface area contributed by atoms with E-state index in [1.54, 1.807) is 11.0 Å². The molecule has 3 rings (SSSR count). The number of carbonyl (C=O) groups excluding carboxylic acids is 1. The Balaban J connectivity index is 1.84. The smallest absolute Gasteiger partial charge is 0.308 e. The lowest BCUT2D eigenvalue weighted by molar-refractivity contribution is -0.143. The molecule has 0 radical (unpaired) electrons. The van der Waals surface area contributed by atoms with Gasteiger partial charge in [-0.2, -0.15) is 0 Å². The van der Waals surface area contributed by atoms with Gasteiger partial charge in [0.25, 0.3) is 5.91 Å². The van der Waals surface area contributed by atoms with Crippen LogP contribution in [0.15, 0.2) is 36.4 Å². The number of pyridine rings is 1. The van der Waals surface area contributed by atoms with E-state index in [1.807, 2.05) is 30.3 Å². The molecule has 21 heavy (non-hydrogen) atoms. The van der Waals surface area contributed by atoms with E-state index in [2.05, 4.69) is 4.98 Å². The molecule has 1 saturated heterocycles. The second-order valence-electron chi connectivity index (χ2n) is 5.32. The summed E-state index contributed by atoms with van der Waals surface area (Å²) >= 11 is 0. The SMILES string of the molecule is O=C(O)[C@@H]1CCCN(C(=O)c2ccc3ccccc3n2)C1. The second-order valence-corrected chi connectivity index (χ2v) is 5.32. The Labute approximate surface area is 122 Å². The minimum Gasteiger partial charge on any atom is -0.481 e. The maximum atomic E-state index is 12.5. The molecule has 1 aromatic carbocycles. The molecule has 0 unspecified atom stereocenters. The third-order valence-electron chi connectivity index (χ3n) is 3.88. The van der Waals surface area contributed by atoms with Crippen molar-refractivity contribution in [2.24, 2.45) is 5.92 Å². The van der Waals surface area contributed by atoms with E-state index >= 15 is 0 Å². The summed E-state index contributed by atoms with van der Waals surface area (Å²) in [7, 11) is 0. The van der Waals surface area contributed by atoms with Gasteiger partial charge in [-0.15, -0.1) is 0 Å². The van der Waals surface area contributed by atoms with Crippen molar-refractivity contribution < 1.29 is 14.7 Å². The van der Waals surface area contributed by atoms with Gasteiger partial charge in [0.2, 0.25) is 0 Å². The summed E-state index contributed by atoms with van der Waals surface area (Å²) in [5, 5.41) is 10.1. The fourth-order valence-corrected chi connectivity index (χ4v) is 2.71. The number of benzene rings is 1. The Hall–Kier alpha value is -2.43. The largest absolute Gasteiger partial charge is 0.481 e. The third-order valence-corrected chi connectivity index (χ3v) is 3.88. The molecule has 2 heterocycles. The quantitative estimate of drug-likeness (QED) is 0.917. The van der Waals surface area contributed by atoms with Crippen molar-refractivity contribution >= 4 is 22.8 Å². The third kappa shape index (κ3) is 2.72. The summed E-state index contributed by atoms with van der Waals surface area (Å²) in [5.41, 5.74) is 1.15. The molecule has 1 aromatic heterocycles. The molecule has 2 aromatic rings. The highest BCUT2D eigenvalue weighted by molar-refractivity contribution is 5.95. The van der Waals surface area contributed by atoms with Gasteiger partial charge < -0.3 is 10.0 Å². The number of likely N-dealkylation sites (tertiary alicyclic amines) is 1. The van der Waals surface area contributed by atoms with Crippen LogP contribution >= 0.6 is 0 Å². The summed E-state index contributed by atoms with van der Waals surface area (Å²) in [4.78, 5) is 29.5. The number of para-hydroxylation sites is 1. The lowest BCUT2D eigenvalue weighted by atomic mass is 9.98. The molecule has 5 heteroatoms. The van der Waals surface area contributed by atoms with Gasteiger partial charge in [0.15, 0.2) is 0 Å². The maximum absolute atomic E-state index is 12.5. The second kappa shape index (κ2) is 5.52. The zero-order valence-electron chi connectivity index (χ0n) is 11.5. The molecule has 5 nitrogen and oxygen atoms in total. The first kappa shape index (κ1) is 13.5. The number of aliphatic carboxylic acids is 1. The van der Waals surface area contributed by atoms with Crippen molar-refractivity contribution in [3.63, 3.8) is 0 Å². The Morgan fingerprint density at radius 1 is 1.19 bits per heavy atom. The van der Waals surface area contributed by atoms with Gasteiger partial charge in [-0.05, 0) is 25.0 Å². The van der Waals surface area contributed by atoms with Crippen LogP contribution in [0, 0.1) is 5.92 Å². The molecule has 0 spiro atoms. The number of nitrogens with zero attached hydrogens (tertiary/aromatic N) is 2. The first-order valence-electron chi connectivity index (χ1n) is 7.03. The van der Waals surface area contributed by atoms with Gasteiger partial charge >= 0.3 is 5.97 Å². The van der Waals surface area contributed by atoms with Crippen LogP contribution in [0.2, 0.25) is 0 Å². The van der Waals surface area contributed by atoms with E-state index in [9.17, 15) is 9.59 Å². The van der Waals surface area contributed by atoms with Crippen LogP contribution in [0.3, 0.4) is 0 Å². The Bertz CT molecular complexity index is 699. The van der Waals surface area contributed by atoms with Crippen LogP contribution in [0.4, 0.5) is 0 Å². The normalized spacial score (nSPS) is 18.7. The number of carboxylic acid groups (broad SMARTS) is 1. The predicted octanol–water partition coefficient (Wildman–Crippen LogP) is 2.17. The number of hydrogen-bond donors (Lipinski definition) is 1. The number of piperidine rings is 1. The molecule has 0 bridgehead atoms. The number of aromatic nitrogens is 1. The first-order chi connectivity index (χ1) is 10.1. The van der Waals surface area contributed by atoms with Gasteiger partial charge in [0, 0.05) is 18.5 Å². The number of carboxylic acids is 1. The standard InChI is InChI=1S/C16H16N2O3/c19-15(18-9-3-5-12(10-18)16(20)21)14-8-7-11-4-1-2-6-13(11)17-14/h1-2,4,6-8,12H,3,5,9-10H2,(H,20,21)/t12-/m1/s1. The Morgan fingerprint density at radius 3 is 2.81 bits per heavy atom. The topological polar surface area (TPSA) is 70.5 Å². The average molecular weight is 284 g/mol. The zero-order chi connectivity index (χ0) is 14.8. The van der Waals surface area contributed by atoms with Crippen LogP contribution < -0.4 is 0 Å². The first-order valence-corrected chi connectivity index (χ1v) is 7.03. The van der Waals surface area contributed by atoms with Crippen LogP contribution in [0.1, 0.15) is 23.3 Å². The van der Waals surface area contributed by atoms with Crippen molar-refractivity contribution in [1.29, 1.82) is 0 Å². The van der Waals surface area contributed by atoms with Crippen molar-refractivity contribution in [3.8, 4) is 0 Å². The van der Waals surface area contributed by atoms with Crippen LogP contribution in [0.25, 0.3) is 10.9 Å². The van der Waals surface area contributed by atoms with Gasteiger partial charge in [0.1, 0.15) is 5.69 Å². The molecule has 1 aliphatic rings. The molecule has 0 aliphatic carbocycles. The number of carbonyl (C=O) groups is 2. The molecule has 1 atom stereocenters. The Kier molecular flexibility index (Phi) is 3.56. The average Bonchev–Trinajstić information content (AvgIpc) is 2.53. The lowest BCUT2D eigenvalue weighted by Crippen LogP contribution is -2.42. The fourth-order valence-electron chi connectivity index (χ4n) is 2.71. The summed E-state index contributed by atoms with van der Waals surface area (Å²) in [5.74, 6) is -1.49. The van der Waals surface area contributed by atoms with Crippen molar-refractivity contribution in [1.82, 2.24) is 9.88 Å². The molecular formula is C16H16N2O3. The fraction of sp³-hybridized carbons (Fsp3) is 0.312. The van der Waals surface area contributed by atoms with E-state index in [0.29, 0.717) is 18.7 Å². The van der Waals surface area contributed by atoms with E-state index in [1.165, 1.54) is 0 Å². The highest BCUT2D eigenvalue weighted by Crippen LogP contribution is 2.19. The van der Waals surface area contributed by atoms with Crippen LogP contribution in [-0.2, 0) is 4.79 Å². The van der Waals surface area contributed by atoms with E-state index < -0.39 is 11.9 Å². The highest BCUT2D eigenvalue weighted by atomic mass is 16.4. The van der Waals surface area contributed by atoms with E-state index in [-0.39, 0.29) is 12.5 Å². The summed E-state index contributed by atoms with van der Waals surface area (Å²) in [6.07, 6.45) is 1.35. The maximum Gasteiger partial charge on any atom is 0.308 e. The number of fused-ring (bicyclic) bond motifs is 1. The Morgan fingerprint density at radius 2 is 2.00 bits per heavy atom. The van der Waals surface area contributed by atoms with Crippen molar-refractivity contribution in [2.75, 3.05) is 13.1 Å². The number of rotatable bonds is 2. The molecule has 1 fully saturated rings. The zero-order valence-corrected chi connectivity index (χ0v) is 11.5. The molecule has 1 amide bonds. The van der Waals surface area contributed by atoms with Gasteiger partial charge in [-0.3, -0.25) is 9.59 Å². The number of hydrogen-bond acceptors (Lipinski definition) is 3. The summed E-state index contributed by atoms with van der Waals surface area (Å²) < 4.78 is 0. The molecule has 0 saturated carbocycles. The monoisotopic (exact) mass is 284 g/mol.